The van der Waals surface area contributed by atoms with E-state index < -0.39 is 97.5 Å². The van der Waals surface area contributed by atoms with Gasteiger partial charge in [-0.1, -0.05) is 357 Å². The summed E-state index contributed by atoms with van der Waals surface area (Å²) < 4.78 is 68.4. The molecule has 3 N–H and O–H groups in total. The number of ether oxygens (including phenoxy) is 4. The van der Waals surface area contributed by atoms with E-state index in [1.54, 1.807) is 0 Å². The van der Waals surface area contributed by atoms with E-state index in [-0.39, 0.29) is 25.7 Å². The number of esters is 4. The van der Waals surface area contributed by atoms with Crippen molar-refractivity contribution in [3.8, 4) is 0 Å². The summed E-state index contributed by atoms with van der Waals surface area (Å²) in [5.41, 5.74) is 0. The summed E-state index contributed by atoms with van der Waals surface area (Å²) in [5, 5.41) is 10.6. The molecule has 0 radical (unpaired) electrons. The third-order valence-corrected chi connectivity index (χ3v) is 20.3. The van der Waals surface area contributed by atoms with E-state index in [0.29, 0.717) is 31.6 Å². The maximum absolute atomic E-state index is 13.1. The van der Waals surface area contributed by atoms with Crippen molar-refractivity contribution in [1.82, 2.24) is 0 Å². The largest absolute Gasteiger partial charge is 0.472 e. The molecule has 0 fully saturated rings. The Labute approximate surface area is 600 Å². The molecule has 0 amide bonds. The number of rotatable bonds is 77. The van der Waals surface area contributed by atoms with Crippen LogP contribution in [0.15, 0.2) is 0 Å². The number of hydrogen-bond donors (Lipinski definition) is 3. The fourth-order valence-corrected chi connectivity index (χ4v) is 13.7. The van der Waals surface area contributed by atoms with Gasteiger partial charge >= 0.3 is 39.5 Å². The predicted octanol–water partition coefficient (Wildman–Crippen LogP) is 23.4. The highest BCUT2D eigenvalue weighted by molar-refractivity contribution is 7.47. The number of aliphatic hydroxyl groups is 1. The maximum Gasteiger partial charge on any atom is 0.472 e. The minimum absolute atomic E-state index is 0.102. The summed E-state index contributed by atoms with van der Waals surface area (Å²) in [5.74, 6) is 0.188. The van der Waals surface area contributed by atoms with E-state index in [4.69, 9.17) is 37.0 Å². The highest BCUT2D eigenvalue weighted by atomic mass is 31.2. The summed E-state index contributed by atoms with van der Waals surface area (Å²) in [6, 6.07) is 0. The Morgan fingerprint density at radius 1 is 0.276 bits per heavy atom. The standard InChI is InChI=1S/C79H154O17P2/c1-8-9-10-11-36-46-53-60-76(81)89-66-75(96-79(84)63-56-49-42-41-45-52-59-72(6)7)69-94-98(87,88)92-65-73(80)64-91-97(85,86)93-68-74(95-78(83)62-55-48-40-35-31-27-23-19-15-13-17-21-25-29-33-38-44-51-58-71(4)5)67-90-77(82)61-54-47-39-34-30-26-22-18-14-12-16-20-24-28-32-37-43-50-57-70(2)3/h70-75,80H,8-69H2,1-7H3,(H,85,86)(H,87,88)/t73-,74-,75-/m1/s1. The van der Waals surface area contributed by atoms with Crippen LogP contribution < -0.4 is 0 Å². The Morgan fingerprint density at radius 2 is 0.469 bits per heavy atom. The molecule has 0 aliphatic carbocycles. The number of carbonyl (C=O) groups is 4. The van der Waals surface area contributed by atoms with Gasteiger partial charge in [0, 0.05) is 25.7 Å². The fourth-order valence-electron chi connectivity index (χ4n) is 12.1. The van der Waals surface area contributed by atoms with Gasteiger partial charge in [-0.05, 0) is 43.4 Å². The first kappa shape index (κ1) is 96.1. The van der Waals surface area contributed by atoms with Crippen LogP contribution >= 0.6 is 15.6 Å². The second kappa shape index (κ2) is 69.4. The molecule has 0 aromatic carbocycles. The van der Waals surface area contributed by atoms with E-state index in [2.05, 4.69) is 48.5 Å². The zero-order chi connectivity index (χ0) is 72.3. The van der Waals surface area contributed by atoms with Gasteiger partial charge in [-0.3, -0.25) is 37.3 Å². The van der Waals surface area contributed by atoms with Gasteiger partial charge in [0.05, 0.1) is 26.4 Å². The number of phosphoric acid groups is 2. The molecule has 0 spiro atoms. The summed E-state index contributed by atoms with van der Waals surface area (Å²) in [6.07, 6.45) is 57.5. The summed E-state index contributed by atoms with van der Waals surface area (Å²) in [4.78, 5) is 72.6. The molecule has 19 heteroatoms. The van der Waals surface area contributed by atoms with Crippen LogP contribution in [0, 0.1) is 17.8 Å². The molecule has 0 saturated heterocycles. The Kier molecular flexibility index (Phi) is 68.1. The van der Waals surface area contributed by atoms with Gasteiger partial charge in [0.25, 0.3) is 0 Å². The number of unbranched alkanes of at least 4 members (excludes halogenated alkanes) is 45. The quantitative estimate of drug-likeness (QED) is 0.0222. The lowest BCUT2D eigenvalue weighted by Crippen LogP contribution is -2.30. The van der Waals surface area contributed by atoms with Crippen LogP contribution in [0.2, 0.25) is 0 Å². The van der Waals surface area contributed by atoms with Crippen molar-refractivity contribution in [2.45, 2.75) is 426 Å². The minimum Gasteiger partial charge on any atom is -0.462 e. The summed E-state index contributed by atoms with van der Waals surface area (Å²) in [7, 11) is -9.91. The number of aliphatic hydroxyl groups excluding tert-OH is 1. The fraction of sp³-hybridized carbons (Fsp3) is 0.949. The van der Waals surface area contributed by atoms with Crippen molar-refractivity contribution in [2.24, 2.45) is 17.8 Å². The molecule has 0 aliphatic heterocycles. The average molecular weight is 1440 g/mol. The molecule has 582 valence electrons. The first-order chi connectivity index (χ1) is 47.2. The molecule has 0 aromatic rings. The molecule has 98 heavy (non-hydrogen) atoms. The predicted molar refractivity (Wildman–Crippen MR) is 400 cm³/mol. The van der Waals surface area contributed by atoms with Gasteiger partial charge in [0.1, 0.15) is 19.3 Å². The number of carbonyl (C=O) groups excluding carboxylic acids is 4. The van der Waals surface area contributed by atoms with Crippen LogP contribution in [-0.4, -0.2) is 96.7 Å². The molecule has 17 nitrogen and oxygen atoms in total. The SMILES string of the molecule is CCCCCCCCCC(=O)OC[C@H](COP(=O)(O)OC[C@H](O)COP(=O)(O)OC[C@@H](COC(=O)CCCCCCCCCCCCCCCCCCCCC(C)C)OC(=O)CCCCCCCCCCCCCCCCCCCCC(C)C)OC(=O)CCCCCCCCC(C)C. The third kappa shape index (κ3) is 72.4. The van der Waals surface area contributed by atoms with Crippen LogP contribution in [0.1, 0.15) is 408 Å². The molecular weight excluding hydrogens is 1280 g/mol. The van der Waals surface area contributed by atoms with Crippen LogP contribution in [0.3, 0.4) is 0 Å². The molecule has 0 aromatic heterocycles. The highest BCUT2D eigenvalue weighted by Crippen LogP contribution is 2.45. The topological polar surface area (TPSA) is 237 Å². The lowest BCUT2D eigenvalue weighted by Gasteiger charge is -2.21. The van der Waals surface area contributed by atoms with Gasteiger partial charge in [-0.25, -0.2) is 9.13 Å². The maximum atomic E-state index is 13.1. The second-order valence-electron chi connectivity index (χ2n) is 29.9. The molecule has 5 atom stereocenters. The smallest absolute Gasteiger partial charge is 0.462 e. The van der Waals surface area contributed by atoms with E-state index in [9.17, 15) is 43.2 Å². The Bertz CT molecular complexity index is 1900. The van der Waals surface area contributed by atoms with Gasteiger partial charge in [0.15, 0.2) is 12.2 Å². The minimum atomic E-state index is -4.96. The Hall–Kier alpha value is -1.94. The van der Waals surface area contributed by atoms with Gasteiger partial charge in [-0.2, -0.15) is 0 Å². The first-order valence-corrected chi connectivity index (χ1v) is 43.8. The zero-order valence-electron chi connectivity index (χ0n) is 64.3. The van der Waals surface area contributed by atoms with Crippen LogP contribution in [0.5, 0.6) is 0 Å². The molecular formula is C79H154O17P2. The third-order valence-electron chi connectivity index (χ3n) is 18.4. The van der Waals surface area contributed by atoms with Gasteiger partial charge < -0.3 is 33.8 Å². The molecule has 0 aliphatic rings. The average Bonchev–Trinajstić information content (AvgIpc) is 1.85. The lowest BCUT2D eigenvalue weighted by molar-refractivity contribution is -0.161. The van der Waals surface area contributed by atoms with E-state index in [1.807, 2.05) is 0 Å². The first-order valence-electron chi connectivity index (χ1n) is 40.8. The lowest BCUT2D eigenvalue weighted by atomic mass is 10.0. The summed E-state index contributed by atoms with van der Waals surface area (Å²) in [6.45, 7) is 11.8. The molecule has 0 saturated carbocycles. The van der Waals surface area contributed by atoms with E-state index in [1.165, 1.54) is 205 Å². The Morgan fingerprint density at radius 3 is 0.694 bits per heavy atom. The van der Waals surface area contributed by atoms with Crippen LogP contribution in [0.25, 0.3) is 0 Å². The summed E-state index contributed by atoms with van der Waals surface area (Å²) >= 11 is 0. The molecule has 0 heterocycles. The van der Waals surface area contributed by atoms with Crippen molar-refractivity contribution < 1.29 is 80.2 Å². The van der Waals surface area contributed by atoms with Crippen molar-refractivity contribution in [3.63, 3.8) is 0 Å². The zero-order valence-corrected chi connectivity index (χ0v) is 66.0. The second-order valence-corrected chi connectivity index (χ2v) is 32.8. The van der Waals surface area contributed by atoms with Crippen LogP contribution in [-0.2, 0) is 65.4 Å². The van der Waals surface area contributed by atoms with Crippen molar-refractivity contribution in [2.75, 3.05) is 39.6 Å². The van der Waals surface area contributed by atoms with Gasteiger partial charge in [0.2, 0.25) is 0 Å². The molecule has 0 bridgehead atoms. The van der Waals surface area contributed by atoms with Crippen molar-refractivity contribution in [3.05, 3.63) is 0 Å². The van der Waals surface area contributed by atoms with E-state index in [0.717, 1.165) is 115 Å². The monoisotopic (exact) mass is 1440 g/mol. The van der Waals surface area contributed by atoms with E-state index >= 15 is 0 Å². The van der Waals surface area contributed by atoms with Crippen molar-refractivity contribution >= 4 is 39.5 Å². The highest BCUT2D eigenvalue weighted by Gasteiger charge is 2.30. The number of hydrogen-bond acceptors (Lipinski definition) is 15. The van der Waals surface area contributed by atoms with Gasteiger partial charge in [-0.15, -0.1) is 0 Å². The van der Waals surface area contributed by atoms with Crippen molar-refractivity contribution in [1.29, 1.82) is 0 Å². The molecule has 2 unspecified atom stereocenters. The number of phosphoric ester groups is 2. The normalized spacial score (nSPS) is 14.0. The Balaban J connectivity index is 5.12. The molecule has 0 rings (SSSR count). The van der Waals surface area contributed by atoms with Crippen LogP contribution in [0.4, 0.5) is 0 Å².